The van der Waals surface area contributed by atoms with Crippen LogP contribution >= 0.6 is 11.3 Å². The molecular weight excluding hydrogens is 262 g/mol. The van der Waals surface area contributed by atoms with Crippen molar-refractivity contribution >= 4 is 11.3 Å². The first-order valence-electron chi connectivity index (χ1n) is 8.36. The highest BCUT2D eigenvalue weighted by atomic mass is 32.1. The molecule has 1 aliphatic carbocycles. The maximum atomic E-state index is 3.91. The van der Waals surface area contributed by atoms with Gasteiger partial charge in [-0.1, -0.05) is 40.2 Å². The molecule has 1 atom stereocenters. The molecule has 0 aliphatic heterocycles. The minimum absolute atomic E-state index is 0.531. The van der Waals surface area contributed by atoms with E-state index in [2.05, 4.69) is 50.5 Å². The van der Waals surface area contributed by atoms with E-state index in [1.165, 1.54) is 43.4 Å². The van der Waals surface area contributed by atoms with Gasteiger partial charge < -0.3 is 5.32 Å². The van der Waals surface area contributed by atoms with Crippen molar-refractivity contribution in [1.82, 2.24) is 5.32 Å². The van der Waals surface area contributed by atoms with Crippen molar-refractivity contribution in [3.8, 4) is 0 Å². The van der Waals surface area contributed by atoms with E-state index in [1.54, 1.807) is 0 Å². The van der Waals surface area contributed by atoms with Crippen molar-refractivity contribution in [3.63, 3.8) is 0 Å². The third-order valence-electron chi connectivity index (χ3n) is 5.48. The molecule has 20 heavy (non-hydrogen) atoms. The van der Waals surface area contributed by atoms with E-state index in [0.717, 1.165) is 12.0 Å². The van der Waals surface area contributed by atoms with Crippen LogP contribution in [0.1, 0.15) is 77.1 Å². The molecule has 0 bridgehead atoms. The van der Waals surface area contributed by atoms with Crippen molar-refractivity contribution in [2.75, 3.05) is 0 Å². The fraction of sp³-hybridized carbons (Fsp3) is 0.778. The molecule has 0 amide bonds. The summed E-state index contributed by atoms with van der Waals surface area (Å²) in [7, 11) is 0. The number of hydrogen-bond donors (Lipinski definition) is 1. The zero-order chi connectivity index (χ0) is 14.6. The normalized spacial score (nSPS) is 25.6. The average Bonchev–Trinajstić information content (AvgIpc) is 2.99. The van der Waals surface area contributed by atoms with Gasteiger partial charge in [-0.15, -0.1) is 11.3 Å². The molecule has 114 valence electrons. The van der Waals surface area contributed by atoms with Gasteiger partial charge in [0.1, 0.15) is 0 Å². The zero-order valence-corrected chi connectivity index (χ0v) is 14.4. The molecule has 2 rings (SSSR count). The number of hydrogen-bond acceptors (Lipinski definition) is 2. The van der Waals surface area contributed by atoms with Gasteiger partial charge in [0.2, 0.25) is 0 Å². The van der Waals surface area contributed by atoms with Crippen molar-refractivity contribution in [2.24, 2.45) is 11.3 Å². The summed E-state index contributed by atoms with van der Waals surface area (Å²) in [4.78, 5) is 1.50. The van der Waals surface area contributed by atoms with Gasteiger partial charge in [-0.3, -0.25) is 0 Å². The van der Waals surface area contributed by atoms with Crippen LogP contribution in [0.2, 0.25) is 0 Å². The Balaban J connectivity index is 1.85. The topological polar surface area (TPSA) is 12.0 Å². The van der Waals surface area contributed by atoms with E-state index < -0.39 is 0 Å². The van der Waals surface area contributed by atoms with Crippen LogP contribution < -0.4 is 5.32 Å². The minimum atomic E-state index is 0.531. The summed E-state index contributed by atoms with van der Waals surface area (Å²) in [6.07, 6.45) is 8.02. The van der Waals surface area contributed by atoms with Gasteiger partial charge in [-0.25, -0.2) is 0 Å². The van der Waals surface area contributed by atoms with Crippen LogP contribution in [0.3, 0.4) is 0 Å². The quantitative estimate of drug-likeness (QED) is 0.700. The predicted molar refractivity (Wildman–Crippen MR) is 90.3 cm³/mol. The maximum Gasteiger partial charge on any atom is 0.0414 e. The highest BCUT2D eigenvalue weighted by Crippen LogP contribution is 2.40. The van der Waals surface area contributed by atoms with E-state index >= 15 is 0 Å². The SMILES string of the molecule is CCC(NC1CCC(C(C)(C)CC)CC1)c1cccs1. The number of nitrogens with one attached hydrogen (secondary N) is 1. The fourth-order valence-corrected chi connectivity index (χ4v) is 4.38. The molecule has 1 N–H and O–H groups in total. The van der Waals surface area contributed by atoms with Crippen LogP contribution in [0, 0.1) is 11.3 Å². The molecule has 0 radical (unpaired) electrons. The molecular formula is C18H31NS. The molecule has 1 aromatic heterocycles. The molecule has 1 nitrogen and oxygen atoms in total. The number of thiophene rings is 1. The summed E-state index contributed by atoms with van der Waals surface area (Å²) in [5.74, 6) is 0.923. The lowest BCUT2D eigenvalue weighted by Gasteiger charge is -2.40. The highest BCUT2D eigenvalue weighted by molar-refractivity contribution is 7.10. The van der Waals surface area contributed by atoms with Crippen LogP contribution in [0.4, 0.5) is 0 Å². The Morgan fingerprint density at radius 3 is 2.45 bits per heavy atom. The summed E-state index contributed by atoms with van der Waals surface area (Å²) in [5, 5.41) is 6.10. The Bertz CT molecular complexity index is 374. The third kappa shape index (κ3) is 3.85. The molecule has 1 aliphatic rings. The van der Waals surface area contributed by atoms with E-state index in [-0.39, 0.29) is 0 Å². The molecule has 1 heterocycles. The van der Waals surface area contributed by atoms with Crippen molar-refractivity contribution in [1.29, 1.82) is 0 Å². The van der Waals surface area contributed by atoms with Crippen LogP contribution in [0.25, 0.3) is 0 Å². The standard InChI is InChI=1S/C18H31NS/c1-5-16(17-8-7-13-20-17)19-15-11-9-14(10-12-15)18(3,4)6-2/h7-8,13-16,19H,5-6,9-12H2,1-4H3. The Morgan fingerprint density at radius 2 is 1.95 bits per heavy atom. The lowest BCUT2D eigenvalue weighted by molar-refractivity contribution is 0.134. The molecule has 1 unspecified atom stereocenters. The maximum absolute atomic E-state index is 3.91. The highest BCUT2D eigenvalue weighted by Gasteiger charge is 2.32. The fourth-order valence-electron chi connectivity index (χ4n) is 3.51. The Labute approximate surface area is 129 Å². The first kappa shape index (κ1) is 16.0. The largest absolute Gasteiger partial charge is 0.306 e. The van der Waals surface area contributed by atoms with Crippen LogP contribution in [-0.2, 0) is 0 Å². The Hall–Kier alpha value is -0.340. The van der Waals surface area contributed by atoms with Crippen molar-refractivity contribution < 1.29 is 0 Å². The summed E-state index contributed by atoms with van der Waals surface area (Å²) < 4.78 is 0. The molecule has 2 heteroatoms. The summed E-state index contributed by atoms with van der Waals surface area (Å²) in [5.41, 5.74) is 0.531. The smallest absolute Gasteiger partial charge is 0.0414 e. The Morgan fingerprint density at radius 1 is 1.25 bits per heavy atom. The van der Waals surface area contributed by atoms with Crippen LogP contribution in [0.15, 0.2) is 17.5 Å². The molecule has 1 fully saturated rings. The van der Waals surface area contributed by atoms with E-state index in [0.29, 0.717) is 11.5 Å². The van der Waals surface area contributed by atoms with Crippen LogP contribution in [0.5, 0.6) is 0 Å². The van der Waals surface area contributed by atoms with Gasteiger partial charge in [-0.05, 0) is 54.9 Å². The molecule has 1 aromatic rings. The molecule has 1 saturated carbocycles. The van der Waals surface area contributed by atoms with Gasteiger partial charge in [0, 0.05) is 17.0 Å². The third-order valence-corrected chi connectivity index (χ3v) is 6.46. The van der Waals surface area contributed by atoms with Gasteiger partial charge in [-0.2, -0.15) is 0 Å². The molecule has 0 aromatic carbocycles. The Kier molecular flexibility index (Phi) is 5.68. The second-order valence-electron chi connectivity index (χ2n) is 7.03. The van der Waals surface area contributed by atoms with Crippen molar-refractivity contribution in [3.05, 3.63) is 22.4 Å². The summed E-state index contributed by atoms with van der Waals surface area (Å²) in [6, 6.07) is 5.74. The second kappa shape index (κ2) is 7.09. The van der Waals surface area contributed by atoms with Crippen molar-refractivity contribution in [2.45, 2.75) is 78.3 Å². The number of rotatable bonds is 6. The first-order chi connectivity index (χ1) is 9.56. The second-order valence-corrected chi connectivity index (χ2v) is 8.01. The van der Waals surface area contributed by atoms with Gasteiger partial charge in [0.15, 0.2) is 0 Å². The van der Waals surface area contributed by atoms with E-state index in [1.807, 2.05) is 11.3 Å². The predicted octanol–water partition coefficient (Wildman–Crippen LogP) is 5.78. The van der Waals surface area contributed by atoms with E-state index in [9.17, 15) is 0 Å². The van der Waals surface area contributed by atoms with Crippen LogP contribution in [-0.4, -0.2) is 6.04 Å². The lowest BCUT2D eigenvalue weighted by Crippen LogP contribution is -2.38. The summed E-state index contributed by atoms with van der Waals surface area (Å²) in [6.45, 7) is 9.54. The van der Waals surface area contributed by atoms with Gasteiger partial charge >= 0.3 is 0 Å². The average molecular weight is 294 g/mol. The minimum Gasteiger partial charge on any atom is -0.306 e. The molecule has 0 spiro atoms. The van der Waals surface area contributed by atoms with E-state index in [4.69, 9.17) is 0 Å². The first-order valence-corrected chi connectivity index (χ1v) is 9.24. The lowest BCUT2D eigenvalue weighted by atomic mass is 9.69. The summed E-state index contributed by atoms with van der Waals surface area (Å²) >= 11 is 1.89. The van der Waals surface area contributed by atoms with Gasteiger partial charge in [0.25, 0.3) is 0 Å². The molecule has 0 saturated heterocycles. The van der Waals surface area contributed by atoms with Gasteiger partial charge in [0.05, 0.1) is 0 Å². The zero-order valence-electron chi connectivity index (χ0n) is 13.6. The monoisotopic (exact) mass is 293 g/mol.